The molecule has 0 aliphatic carbocycles. The van der Waals surface area contributed by atoms with Gasteiger partial charge in [-0.2, -0.15) is 0 Å². The van der Waals surface area contributed by atoms with Crippen molar-refractivity contribution in [1.29, 1.82) is 0 Å². The second-order valence-electron chi connectivity index (χ2n) is 4.89. The van der Waals surface area contributed by atoms with Crippen LogP contribution in [-0.4, -0.2) is 15.7 Å². The first-order chi connectivity index (χ1) is 9.65. The topological polar surface area (TPSA) is 76.0 Å². The molecule has 0 aliphatic heterocycles. The average Bonchev–Trinajstić information content (AvgIpc) is 2.87. The number of nitrogens with zero attached hydrogens (tertiary/aromatic N) is 1. The predicted octanol–water partition coefficient (Wildman–Crippen LogP) is 4.23. The molecule has 0 fully saturated rings. The fraction of sp³-hybridized carbons (Fsp3) is 0.400. The van der Waals surface area contributed by atoms with Gasteiger partial charge in [0.1, 0.15) is 5.52 Å². The highest BCUT2D eigenvalue weighted by molar-refractivity contribution is 6.09. The smallest absolute Gasteiger partial charge is 0.293 e. The zero-order chi connectivity index (χ0) is 14.5. The predicted molar refractivity (Wildman–Crippen MR) is 78.0 cm³/mol. The van der Waals surface area contributed by atoms with Crippen molar-refractivity contribution >= 4 is 22.4 Å². The number of nitro benzene ring substituents is 1. The Balaban J connectivity index is 2.21. The van der Waals surface area contributed by atoms with Crippen LogP contribution in [0, 0.1) is 10.1 Å². The summed E-state index contributed by atoms with van der Waals surface area (Å²) in [7, 11) is 0. The molecule has 0 unspecified atom stereocenters. The number of Topliss-reactive ketones (excluding diaryl/α,β-unsaturated/α-hetero) is 1. The van der Waals surface area contributed by atoms with Crippen molar-refractivity contribution in [2.75, 3.05) is 0 Å². The number of nitrogens with one attached hydrogen (secondary N) is 1. The molecule has 5 nitrogen and oxygen atoms in total. The van der Waals surface area contributed by atoms with Gasteiger partial charge in [0.2, 0.25) is 0 Å². The van der Waals surface area contributed by atoms with Gasteiger partial charge in [-0.3, -0.25) is 14.9 Å². The van der Waals surface area contributed by atoms with Crippen LogP contribution in [0.1, 0.15) is 49.4 Å². The first-order valence-corrected chi connectivity index (χ1v) is 6.92. The number of aromatic amines is 1. The molecule has 0 spiro atoms. The highest BCUT2D eigenvalue weighted by Gasteiger charge is 2.18. The summed E-state index contributed by atoms with van der Waals surface area (Å²) in [6.07, 6.45) is 6.26. The third kappa shape index (κ3) is 2.87. The summed E-state index contributed by atoms with van der Waals surface area (Å²) >= 11 is 0. The molecule has 0 saturated heterocycles. The number of nitro groups is 1. The maximum absolute atomic E-state index is 12.2. The van der Waals surface area contributed by atoms with E-state index in [9.17, 15) is 14.9 Å². The highest BCUT2D eigenvalue weighted by atomic mass is 16.6. The van der Waals surface area contributed by atoms with Crippen molar-refractivity contribution in [2.45, 2.75) is 39.0 Å². The van der Waals surface area contributed by atoms with E-state index in [4.69, 9.17) is 0 Å². The number of rotatable bonds is 7. The largest absolute Gasteiger partial charge is 0.355 e. The summed E-state index contributed by atoms with van der Waals surface area (Å²) < 4.78 is 0. The van der Waals surface area contributed by atoms with Crippen LogP contribution in [0.4, 0.5) is 5.69 Å². The number of unbranched alkanes of at least 4 members (excludes halogenated alkanes) is 3. The molecule has 0 saturated carbocycles. The molecule has 1 heterocycles. The first kappa shape index (κ1) is 14.2. The van der Waals surface area contributed by atoms with E-state index in [2.05, 4.69) is 11.9 Å². The van der Waals surface area contributed by atoms with Crippen molar-refractivity contribution in [1.82, 2.24) is 4.98 Å². The molecular weight excluding hydrogens is 256 g/mol. The molecule has 20 heavy (non-hydrogen) atoms. The summed E-state index contributed by atoms with van der Waals surface area (Å²) in [5.74, 6) is 0.0489. The van der Waals surface area contributed by atoms with Gasteiger partial charge in [0.05, 0.1) is 4.92 Å². The van der Waals surface area contributed by atoms with E-state index in [1.165, 1.54) is 6.07 Å². The van der Waals surface area contributed by atoms with Gasteiger partial charge in [0.25, 0.3) is 5.69 Å². The zero-order valence-corrected chi connectivity index (χ0v) is 11.5. The van der Waals surface area contributed by atoms with Gasteiger partial charge in [-0.25, -0.2) is 0 Å². The number of benzene rings is 1. The van der Waals surface area contributed by atoms with Crippen LogP contribution in [0.15, 0.2) is 24.4 Å². The molecule has 1 N–H and O–H groups in total. The van der Waals surface area contributed by atoms with Gasteiger partial charge < -0.3 is 4.98 Å². The normalized spacial score (nSPS) is 10.8. The van der Waals surface area contributed by atoms with Crippen LogP contribution in [0.25, 0.3) is 10.9 Å². The Bertz CT molecular complexity index is 631. The van der Waals surface area contributed by atoms with Crippen molar-refractivity contribution in [3.05, 3.63) is 40.1 Å². The lowest BCUT2D eigenvalue weighted by Crippen LogP contribution is -1.98. The minimum Gasteiger partial charge on any atom is -0.355 e. The summed E-state index contributed by atoms with van der Waals surface area (Å²) in [6, 6.07) is 4.80. The van der Waals surface area contributed by atoms with Crippen molar-refractivity contribution < 1.29 is 9.72 Å². The average molecular weight is 274 g/mol. The Morgan fingerprint density at radius 3 is 2.80 bits per heavy atom. The standard InChI is InChI=1S/C15H18N2O3/c1-2-3-4-5-9-14(18)12-10-16-15-11(12)7-6-8-13(15)17(19)20/h6-8,10,16H,2-5,9H2,1H3. The number of aromatic nitrogens is 1. The van der Waals surface area contributed by atoms with Crippen LogP contribution < -0.4 is 0 Å². The molecule has 106 valence electrons. The first-order valence-electron chi connectivity index (χ1n) is 6.92. The van der Waals surface area contributed by atoms with E-state index in [1.54, 1.807) is 18.3 Å². The van der Waals surface area contributed by atoms with Gasteiger partial charge in [-0.05, 0) is 6.42 Å². The molecule has 1 aromatic heterocycles. The van der Waals surface area contributed by atoms with E-state index in [0.29, 0.717) is 22.9 Å². The maximum Gasteiger partial charge on any atom is 0.293 e. The van der Waals surface area contributed by atoms with Crippen LogP contribution in [0.3, 0.4) is 0 Å². The number of fused-ring (bicyclic) bond motifs is 1. The van der Waals surface area contributed by atoms with E-state index < -0.39 is 4.92 Å². The van der Waals surface area contributed by atoms with Gasteiger partial charge in [0, 0.05) is 29.6 Å². The third-order valence-electron chi connectivity index (χ3n) is 3.45. The van der Waals surface area contributed by atoms with Crippen LogP contribution in [0.2, 0.25) is 0 Å². The molecule has 5 heteroatoms. The number of hydrogen-bond donors (Lipinski definition) is 1. The lowest BCUT2D eigenvalue weighted by Gasteiger charge is -2.00. The summed E-state index contributed by atoms with van der Waals surface area (Å²) in [5, 5.41) is 11.6. The van der Waals surface area contributed by atoms with Gasteiger partial charge >= 0.3 is 0 Å². The molecule has 0 radical (unpaired) electrons. The summed E-state index contributed by atoms with van der Waals surface area (Å²) in [6.45, 7) is 2.13. The quantitative estimate of drug-likeness (QED) is 0.355. The molecule has 0 atom stereocenters. The lowest BCUT2D eigenvalue weighted by molar-refractivity contribution is -0.383. The number of H-pyrrole nitrogens is 1. The molecular formula is C15H18N2O3. The second-order valence-corrected chi connectivity index (χ2v) is 4.89. The Labute approximate surface area is 117 Å². The summed E-state index contributed by atoms with van der Waals surface area (Å²) in [4.78, 5) is 25.5. The van der Waals surface area contributed by atoms with Gasteiger partial charge in [0.15, 0.2) is 5.78 Å². The number of ketones is 1. The zero-order valence-electron chi connectivity index (χ0n) is 11.5. The molecule has 1 aromatic carbocycles. The van der Waals surface area contributed by atoms with Gasteiger partial charge in [-0.15, -0.1) is 0 Å². The van der Waals surface area contributed by atoms with E-state index in [-0.39, 0.29) is 11.5 Å². The Morgan fingerprint density at radius 2 is 2.10 bits per heavy atom. The molecule has 0 bridgehead atoms. The molecule has 0 amide bonds. The molecule has 2 rings (SSSR count). The third-order valence-corrected chi connectivity index (χ3v) is 3.45. The van der Waals surface area contributed by atoms with E-state index >= 15 is 0 Å². The summed E-state index contributed by atoms with van der Waals surface area (Å²) in [5.41, 5.74) is 0.988. The molecule has 0 aliphatic rings. The Morgan fingerprint density at radius 1 is 1.30 bits per heavy atom. The number of carbonyl (C=O) groups is 1. The van der Waals surface area contributed by atoms with E-state index in [0.717, 1.165) is 25.7 Å². The van der Waals surface area contributed by atoms with Crippen molar-refractivity contribution in [3.8, 4) is 0 Å². The van der Waals surface area contributed by atoms with Crippen molar-refractivity contribution in [3.63, 3.8) is 0 Å². The number of para-hydroxylation sites is 1. The second kappa shape index (κ2) is 6.32. The number of non-ortho nitro benzene ring substituents is 1. The van der Waals surface area contributed by atoms with E-state index in [1.807, 2.05) is 0 Å². The van der Waals surface area contributed by atoms with Crippen molar-refractivity contribution in [2.24, 2.45) is 0 Å². The Kier molecular flexibility index (Phi) is 4.50. The minimum atomic E-state index is -0.436. The molecule has 2 aromatic rings. The Hall–Kier alpha value is -2.17. The fourth-order valence-corrected chi connectivity index (χ4v) is 2.37. The highest BCUT2D eigenvalue weighted by Crippen LogP contribution is 2.27. The van der Waals surface area contributed by atoms with Crippen LogP contribution in [0.5, 0.6) is 0 Å². The number of carbonyl (C=O) groups excluding carboxylic acids is 1. The van der Waals surface area contributed by atoms with Crippen LogP contribution >= 0.6 is 0 Å². The SMILES string of the molecule is CCCCCCC(=O)c1c[nH]c2c([N+](=O)[O-])cccc12. The minimum absolute atomic E-state index is 0.00697. The van der Waals surface area contributed by atoms with Crippen LogP contribution in [-0.2, 0) is 0 Å². The number of hydrogen-bond acceptors (Lipinski definition) is 3. The maximum atomic E-state index is 12.2. The lowest BCUT2D eigenvalue weighted by atomic mass is 10.0. The van der Waals surface area contributed by atoms with Gasteiger partial charge in [-0.1, -0.05) is 38.3 Å². The fourth-order valence-electron chi connectivity index (χ4n) is 2.37. The monoisotopic (exact) mass is 274 g/mol.